The van der Waals surface area contributed by atoms with Gasteiger partial charge in [-0.05, 0) is 110 Å². The highest BCUT2D eigenvalue weighted by Crippen LogP contribution is 2.29. The van der Waals surface area contributed by atoms with Gasteiger partial charge in [0.25, 0.3) is 0 Å². The number of amides is 11. The number of nitrogens with two attached hydrogens (primary N) is 2. The Morgan fingerprint density at radius 2 is 1.40 bits per heavy atom. The Morgan fingerprint density at radius 1 is 0.745 bits per heavy atom. The Bertz CT molecular complexity index is 3880. The summed E-state index contributed by atoms with van der Waals surface area (Å²) < 4.78 is 21.0. The summed E-state index contributed by atoms with van der Waals surface area (Å²) in [5, 5.41) is 65.4. The number of H-pyrrole nitrogens is 1. The van der Waals surface area contributed by atoms with Gasteiger partial charge in [-0.2, -0.15) is 0 Å². The highest BCUT2D eigenvalue weighted by atomic mass is 33.1. The second kappa shape index (κ2) is 41.9. The van der Waals surface area contributed by atoms with E-state index in [0.717, 1.165) is 42.2 Å². The highest BCUT2D eigenvalue weighted by Gasteiger charge is 2.42. The molecule has 32 nitrogen and oxygen atoms in total. The average molecular weight is 1510 g/mol. The summed E-state index contributed by atoms with van der Waals surface area (Å²) in [5.74, 6) is -14.7. The molecule has 0 saturated carbocycles. The standard InChI is InChI=1S/C71H91FN14O18S2/c1-5-42-31-46(104-4)22-23-47(42)43-20-18-41(19-21-43)30-54(65(98)79-50(61(74)94)17-11-14-40-12-7-6-8-13-40)82-66(99)55(33-59(92)93)83-67(100)56(37-87)84-69(102)60(39(2)88)85-70(103)71(3,34-44-15-9-10-16-48(44)72)86-68(101)53-27-29-106-105-28-26-52(80-62(95)49(73)32-45-35-75-38-77-45)64(97)81-51(24-25-58(90)91)63(96)76-36-57(89)78-53/h6-10,12-13,15-16,18-23,31,35,38-39,49-56,60,87-88H,5,11,14,17,24-30,32-34,36-37,73H2,1-4H3,(H2,74,94)(H,75,77)(H,76,96)(H,78,89)(H,79,98)(H,80,95)(H,81,97)(H,82,99)(H,83,100)(H,84,102)(H,85,103)(H,86,101)(H,90,91)(H,92,93)/t39-,49+,50+,51+,52-,53+,54+,55+,56+,60+,71+/m1/s1. The molecule has 0 spiro atoms. The van der Waals surface area contributed by atoms with E-state index in [-0.39, 0.29) is 49.2 Å². The first kappa shape index (κ1) is 84.4. The number of carbonyl (C=O) groups excluding carboxylic acids is 11. The van der Waals surface area contributed by atoms with Gasteiger partial charge < -0.3 is 94.8 Å². The molecule has 11 amide bonds. The number of aliphatic hydroxyl groups excluding tert-OH is 2. The first-order valence-corrected chi connectivity index (χ1v) is 36.5. The van der Waals surface area contributed by atoms with Crippen molar-refractivity contribution in [3.63, 3.8) is 0 Å². The lowest BCUT2D eigenvalue weighted by Gasteiger charge is -2.34. The summed E-state index contributed by atoms with van der Waals surface area (Å²) in [6, 6.07) is 12.4. The zero-order chi connectivity index (χ0) is 77.6. The minimum absolute atomic E-state index is 0.0128. The SMILES string of the molecule is CCc1cc(OC)ccc1-c1ccc(C[C@H](NC(=O)[C@H](CC(=O)O)NC(=O)[C@H](CO)NC(=O)[C@@H](NC(=O)[C@](C)(Cc2ccccc2F)NC(=O)[C@@H]2CCSSCC[C@@H](NC(=O)[C@@H](N)Cc3cnc[nH]3)C(=O)N[C@@H](CCC(=O)O)C(=O)NCC(=O)N2)[C@@H](C)O)C(=O)N[C@@H](CCCc2ccccc2)C(N)=O)cc1. The summed E-state index contributed by atoms with van der Waals surface area (Å²) in [6.07, 6.45) is -0.757. The van der Waals surface area contributed by atoms with Crippen molar-refractivity contribution < 1.29 is 91.9 Å². The van der Waals surface area contributed by atoms with E-state index in [1.807, 2.05) is 49.4 Å². The van der Waals surface area contributed by atoms with Gasteiger partial charge in [-0.3, -0.25) is 62.3 Å². The molecular formula is C71H91FN14O18S2. The summed E-state index contributed by atoms with van der Waals surface area (Å²) in [4.78, 5) is 185. The highest BCUT2D eigenvalue weighted by molar-refractivity contribution is 8.76. The van der Waals surface area contributed by atoms with Crippen molar-refractivity contribution in [3.8, 4) is 16.9 Å². The minimum atomic E-state index is -2.32. The van der Waals surface area contributed by atoms with Gasteiger partial charge in [0.2, 0.25) is 65.0 Å². The van der Waals surface area contributed by atoms with Gasteiger partial charge >= 0.3 is 11.9 Å². The van der Waals surface area contributed by atoms with E-state index < -0.39 is 188 Å². The van der Waals surface area contributed by atoms with Gasteiger partial charge in [-0.1, -0.05) is 107 Å². The third-order valence-electron chi connectivity index (χ3n) is 17.2. The summed E-state index contributed by atoms with van der Waals surface area (Å²) >= 11 is 0. The van der Waals surface area contributed by atoms with Crippen molar-refractivity contribution in [2.24, 2.45) is 11.5 Å². The number of aryl methyl sites for hydroxylation is 2. The fourth-order valence-electron chi connectivity index (χ4n) is 11.2. The maximum absolute atomic E-state index is 15.6. The van der Waals surface area contributed by atoms with Crippen molar-refractivity contribution >= 4 is 98.5 Å². The maximum atomic E-state index is 15.6. The van der Waals surface area contributed by atoms with E-state index in [4.69, 9.17) is 16.2 Å². The van der Waals surface area contributed by atoms with Crippen LogP contribution in [-0.2, 0) is 94.4 Å². The van der Waals surface area contributed by atoms with Gasteiger partial charge in [0.15, 0.2) is 0 Å². The molecule has 1 saturated heterocycles. The van der Waals surface area contributed by atoms with Gasteiger partial charge in [0.05, 0.1) is 45.2 Å². The molecule has 572 valence electrons. The Balaban J connectivity index is 1.20. The first-order valence-electron chi connectivity index (χ1n) is 34.1. The van der Waals surface area contributed by atoms with E-state index in [1.54, 1.807) is 37.4 Å². The quantitative estimate of drug-likeness (QED) is 0.0225. The van der Waals surface area contributed by atoms with Crippen LogP contribution in [0.2, 0.25) is 0 Å². The number of ether oxygens (including phenoxy) is 1. The topological polar surface area (TPSA) is 513 Å². The summed E-state index contributed by atoms with van der Waals surface area (Å²) in [6.45, 7) is 2.04. The van der Waals surface area contributed by atoms with Crippen LogP contribution >= 0.6 is 21.6 Å². The number of hydrogen-bond acceptors (Lipinski definition) is 20. The molecule has 5 aromatic rings. The molecule has 4 aromatic carbocycles. The van der Waals surface area contributed by atoms with E-state index in [0.29, 0.717) is 36.3 Å². The summed E-state index contributed by atoms with van der Waals surface area (Å²) in [5.41, 5.74) is 14.1. The number of aliphatic carboxylic acids is 2. The van der Waals surface area contributed by atoms with E-state index >= 15 is 4.39 Å². The molecule has 0 bridgehead atoms. The number of carboxylic acid groups (broad SMARTS) is 2. The number of hydrogen-bond donors (Lipinski definition) is 17. The predicted octanol–water partition coefficient (Wildman–Crippen LogP) is -0.593. The number of methoxy groups -OCH3 is 1. The van der Waals surface area contributed by atoms with E-state index in [2.05, 4.69) is 63.1 Å². The normalized spacial score (nSPS) is 17.7. The molecule has 0 radical (unpaired) electrons. The van der Waals surface area contributed by atoms with Crippen molar-refractivity contribution in [3.05, 3.63) is 143 Å². The smallest absolute Gasteiger partial charge is 0.305 e. The number of aromatic amines is 1. The van der Waals surface area contributed by atoms with Crippen molar-refractivity contribution in [1.29, 1.82) is 0 Å². The monoisotopic (exact) mass is 1510 g/mol. The molecular weight excluding hydrogens is 1420 g/mol. The molecule has 11 atom stereocenters. The van der Waals surface area contributed by atoms with Crippen molar-refractivity contribution in [2.75, 3.05) is 31.8 Å². The second-order valence-electron chi connectivity index (χ2n) is 25.4. The Hall–Kier alpha value is -10.5. The van der Waals surface area contributed by atoms with Gasteiger partial charge in [-0.25, -0.2) is 9.37 Å². The molecule has 2 heterocycles. The molecule has 106 heavy (non-hydrogen) atoms. The van der Waals surface area contributed by atoms with Crippen LogP contribution in [0.4, 0.5) is 4.39 Å². The van der Waals surface area contributed by atoms with Crippen LogP contribution in [0.5, 0.6) is 5.75 Å². The molecule has 0 unspecified atom stereocenters. The number of aliphatic hydroxyl groups is 2. The number of nitrogens with zero attached hydrogens (tertiary/aromatic N) is 1. The first-order chi connectivity index (χ1) is 50.5. The van der Waals surface area contributed by atoms with Gasteiger partial charge in [0.1, 0.15) is 65.4 Å². The Kier molecular flexibility index (Phi) is 33.3. The molecule has 1 aliphatic rings. The number of rotatable bonds is 35. The van der Waals surface area contributed by atoms with Crippen LogP contribution in [0.3, 0.4) is 0 Å². The summed E-state index contributed by atoms with van der Waals surface area (Å²) in [7, 11) is 3.90. The van der Waals surface area contributed by atoms with Crippen LogP contribution in [0.15, 0.2) is 110 Å². The molecule has 1 aromatic heterocycles. The minimum Gasteiger partial charge on any atom is -0.497 e. The lowest BCUT2D eigenvalue weighted by molar-refractivity contribution is -0.142. The number of carbonyl (C=O) groups is 13. The third-order valence-corrected chi connectivity index (χ3v) is 19.6. The third kappa shape index (κ3) is 26.6. The van der Waals surface area contributed by atoms with Crippen molar-refractivity contribution in [2.45, 2.75) is 164 Å². The molecule has 19 N–H and O–H groups in total. The van der Waals surface area contributed by atoms with Crippen LogP contribution < -0.4 is 69.4 Å². The lowest BCUT2D eigenvalue weighted by Crippen LogP contribution is -2.66. The van der Waals surface area contributed by atoms with Gasteiger partial charge in [0, 0.05) is 49.1 Å². The molecule has 1 fully saturated rings. The number of nitrogens with one attached hydrogen (secondary N) is 11. The maximum Gasteiger partial charge on any atom is 0.305 e. The zero-order valence-electron chi connectivity index (χ0n) is 58.8. The fourth-order valence-corrected chi connectivity index (χ4v) is 13.4. The fraction of sp³-hybridized carbons (Fsp3) is 0.437. The number of halogens is 1. The van der Waals surface area contributed by atoms with E-state index in [9.17, 15) is 82.8 Å². The molecule has 1 aliphatic heterocycles. The Morgan fingerprint density at radius 3 is 2.03 bits per heavy atom. The predicted molar refractivity (Wildman–Crippen MR) is 387 cm³/mol. The molecule has 0 aliphatic carbocycles. The van der Waals surface area contributed by atoms with Crippen LogP contribution in [0, 0.1) is 5.82 Å². The van der Waals surface area contributed by atoms with Crippen LogP contribution in [0.25, 0.3) is 11.1 Å². The van der Waals surface area contributed by atoms with Gasteiger partial charge in [-0.15, -0.1) is 0 Å². The van der Waals surface area contributed by atoms with Crippen molar-refractivity contribution in [1.82, 2.24) is 63.1 Å². The lowest BCUT2D eigenvalue weighted by atomic mass is 9.90. The number of benzene rings is 4. The largest absolute Gasteiger partial charge is 0.497 e. The number of carboxylic acids is 2. The number of primary amides is 1. The van der Waals surface area contributed by atoms with Crippen LogP contribution in [-0.4, -0.2) is 205 Å². The number of imidazole rings is 1. The zero-order valence-corrected chi connectivity index (χ0v) is 60.4. The average Bonchev–Trinajstić information content (AvgIpc) is 0.848. The molecule has 35 heteroatoms. The Labute approximate surface area is 618 Å². The van der Waals surface area contributed by atoms with E-state index in [1.165, 1.54) is 52.3 Å². The number of aromatic nitrogens is 2. The van der Waals surface area contributed by atoms with Crippen LogP contribution in [0.1, 0.15) is 93.7 Å². The molecule has 6 rings (SSSR count). The second-order valence-corrected chi connectivity index (χ2v) is 28.1.